The lowest BCUT2D eigenvalue weighted by Gasteiger charge is -2.32. The zero-order valence-corrected chi connectivity index (χ0v) is 19.4. The number of rotatable bonds is 3. The number of benzene rings is 2. The Labute approximate surface area is 203 Å². The molecule has 6 rings (SSSR count). The lowest BCUT2D eigenvalue weighted by Crippen LogP contribution is -2.54. The van der Waals surface area contributed by atoms with Crippen molar-refractivity contribution in [3.05, 3.63) is 53.6 Å². The standard InChI is InChI=1S/C27H29N3O5/c31-20-12-11-15(14-21(20)32)13-19-22-23(25(34)30(24(22)33)16-7-3-1-2-4-8-16)27(29-19)17-9-5-6-10-18(17)28-26(27)35/h5-6,9-12,14,16,19,22-23,29,31-32H,1-4,7-8,13H2,(H,28,35)/t19-,22+,23+,27+/m0/s1. The van der Waals surface area contributed by atoms with E-state index in [1.165, 1.54) is 17.0 Å². The van der Waals surface area contributed by atoms with Gasteiger partial charge in [0.1, 0.15) is 5.54 Å². The minimum atomic E-state index is -1.32. The fourth-order valence-electron chi connectivity index (χ4n) is 6.78. The van der Waals surface area contributed by atoms with Crippen LogP contribution in [0.25, 0.3) is 0 Å². The largest absolute Gasteiger partial charge is 0.504 e. The molecule has 3 fully saturated rings. The lowest BCUT2D eigenvalue weighted by molar-refractivity contribution is -0.145. The molecule has 3 amide bonds. The van der Waals surface area contributed by atoms with Crippen LogP contribution in [0.3, 0.4) is 0 Å². The number of likely N-dealkylation sites (tertiary alicyclic amines) is 1. The fraction of sp³-hybridized carbons (Fsp3) is 0.444. The molecule has 0 radical (unpaired) electrons. The Morgan fingerprint density at radius 2 is 1.66 bits per heavy atom. The molecular weight excluding hydrogens is 446 g/mol. The number of imide groups is 1. The second-order valence-electron chi connectivity index (χ2n) is 10.3. The minimum absolute atomic E-state index is 0.127. The number of hydrogen-bond acceptors (Lipinski definition) is 6. The number of hydrogen-bond donors (Lipinski definition) is 4. The number of nitrogens with zero attached hydrogens (tertiary/aromatic N) is 1. The Morgan fingerprint density at radius 1 is 0.914 bits per heavy atom. The number of aromatic hydroxyl groups is 2. The first-order chi connectivity index (χ1) is 16.9. The molecule has 0 unspecified atom stereocenters. The van der Waals surface area contributed by atoms with Crippen molar-refractivity contribution < 1.29 is 24.6 Å². The Bertz CT molecular complexity index is 1220. The second-order valence-corrected chi connectivity index (χ2v) is 10.3. The normalized spacial score (nSPS) is 30.5. The number of amides is 3. The Morgan fingerprint density at radius 3 is 2.40 bits per heavy atom. The van der Waals surface area contributed by atoms with Gasteiger partial charge in [-0.25, -0.2) is 0 Å². The monoisotopic (exact) mass is 475 g/mol. The molecule has 1 saturated carbocycles. The van der Waals surface area contributed by atoms with Crippen LogP contribution in [0.2, 0.25) is 0 Å². The third-order valence-corrected chi connectivity index (χ3v) is 8.34. The van der Waals surface area contributed by atoms with Gasteiger partial charge in [0.15, 0.2) is 11.5 Å². The summed E-state index contributed by atoms with van der Waals surface area (Å²) >= 11 is 0. The van der Waals surface area contributed by atoms with Gasteiger partial charge in [0.05, 0.1) is 11.8 Å². The van der Waals surface area contributed by atoms with E-state index in [1.54, 1.807) is 6.07 Å². The predicted octanol–water partition coefficient (Wildman–Crippen LogP) is 2.78. The van der Waals surface area contributed by atoms with E-state index >= 15 is 0 Å². The molecule has 0 bridgehead atoms. The summed E-state index contributed by atoms with van der Waals surface area (Å²) < 4.78 is 0. The summed E-state index contributed by atoms with van der Waals surface area (Å²) in [7, 11) is 0. The van der Waals surface area contributed by atoms with Gasteiger partial charge in [0.25, 0.3) is 0 Å². The molecule has 1 spiro atoms. The maximum Gasteiger partial charge on any atom is 0.250 e. The highest BCUT2D eigenvalue weighted by Gasteiger charge is 2.70. The molecule has 2 aromatic carbocycles. The first-order valence-electron chi connectivity index (χ1n) is 12.5. The number of phenolic OH excluding ortho intramolecular Hbond substituents is 2. The van der Waals surface area contributed by atoms with Gasteiger partial charge in [-0.2, -0.15) is 0 Å². The molecule has 3 heterocycles. The van der Waals surface area contributed by atoms with Gasteiger partial charge in [-0.15, -0.1) is 0 Å². The first kappa shape index (κ1) is 22.1. The Kier molecular flexibility index (Phi) is 5.11. The van der Waals surface area contributed by atoms with Crippen LogP contribution >= 0.6 is 0 Å². The van der Waals surface area contributed by atoms with Gasteiger partial charge >= 0.3 is 0 Å². The lowest BCUT2D eigenvalue weighted by atomic mass is 9.76. The number of phenols is 2. The average Bonchev–Trinajstić information content (AvgIpc) is 3.30. The van der Waals surface area contributed by atoms with Crippen LogP contribution in [-0.4, -0.2) is 44.9 Å². The van der Waals surface area contributed by atoms with Crippen LogP contribution in [0.1, 0.15) is 49.7 Å². The van der Waals surface area contributed by atoms with Gasteiger partial charge in [0.2, 0.25) is 17.7 Å². The number of para-hydroxylation sites is 1. The van der Waals surface area contributed by atoms with E-state index in [1.807, 2.05) is 24.3 Å². The summed E-state index contributed by atoms with van der Waals surface area (Å²) in [6, 6.07) is 11.3. The molecule has 4 atom stereocenters. The molecule has 0 aromatic heterocycles. The van der Waals surface area contributed by atoms with Gasteiger partial charge in [-0.3, -0.25) is 24.6 Å². The Hall–Kier alpha value is -3.39. The van der Waals surface area contributed by atoms with Crippen molar-refractivity contribution in [1.82, 2.24) is 10.2 Å². The van der Waals surface area contributed by atoms with E-state index in [4.69, 9.17) is 0 Å². The van der Waals surface area contributed by atoms with Crippen LogP contribution in [-0.2, 0) is 26.3 Å². The molecule has 35 heavy (non-hydrogen) atoms. The number of carbonyl (C=O) groups is 3. The van der Waals surface area contributed by atoms with E-state index in [9.17, 15) is 24.6 Å². The zero-order valence-electron chi connectivity index (χ0n) is 19.4. The maximum atomic E-state index is 14.0. The first-order valence-corrected chi connectivity index (χ1v) is 12.5. The van der Waals surface area contributed by atoms with E-state index in [2.05, 4.69) is 10.6 Å². The van der Waals surface area contributed by atoms with Crippen molar-refractivity contribution in [1.29, 1.82) is 0 Å². The molecule has 2 saturated heterocycles. The highest BCUT2D eigenvalue weighted by molar-refractivity contribution is 6.15. The van der Waals surface area contributed by atoms with Crippen molar-refractivity contribution in [2.24, 2.45) is 11.8 Å². The van der Waals surface area contributed by atoms with E-state index in [0.717, 1.165) is 38.5 Å². The molecule has 4 N–H and O–H groups in total. The topological polar surface area (TPSA) is 119 Å². The number of nitrogens with one attached hydrogen (secondary N) is 2. The summed E-state index contributed by atoms with van der Waals surface area (Å²) in [4.78, 5) is 43.0. The summed E-state index contributed by atoms with van der Waals surface area (Å²) in [5.41, 5.74) is 0.727. The Balaban J connectivity index is 1.44. The summed E-state index contributed by atoms with van der Waals surface area (Å²) in [6.45, 7) is 0. The van der Waals surface area contributed by atoms with Crippen LogP contribution in [0.15, 0.2) is 42.5 Å². The SMILES string of the molecule is O=C1[C@@H]2[C@H](Cc3ccc(O)c(O)c3)N[C@@]3(C(=O)Nc4ccccc43)[C@H]2C(=O)N1C1CCCCCC1. The van der Waals surface area contributed by atoms with Crippen LogP contribution in [0.4, 0.5) is 5.69 Å². The van der Waals surface area contributed by atoms with Crippen molar-refractivity contribution in [3.63, 3.8) is 0 Å². The van der Waals surface area contributed by atoms with Crippen LogP contribution in [0.5, 0.6) is 11.5 Å². The summed E-state index contributed by atoms with van der Waals surface area (Å²) in [6.07, 6.45) is 6.11. The molecule has 4 aliphatic rings. The number of anilines is 1. The van der Waals surface area contributed by atoms with Gasteiger partial charge < -0.3 is 15.5 Å². The van der Waals surface area contributed by atoms with Gasteiger partial charge in [-0.05, 0) is 43.0 Å². The molecule has 8 heteroatoms. The number of fused-ring (bicyclic) bond motifs is 4. The van der Waals surface area contributed by atoms with E-state index < -0.39 is 23.4 Å². The van der Waals surface area contributed by atoms with Crippen molar-refractivity contribution in [3.8, 4) is 11.5 Å². The minimum Gasteiger partial charge on any atom is -0.504 e. The zero-order chi connectivity index (χ0) is 24.3. The maximum absolute atomic E-state index is 14.0. The molecule has 182 valence electrons. The number of carbonyl (C=O) groups excluding carboxylic acids is 3. The molecule has 2 aromatic rings. The summed E-state index contributed by atoms with van der Waals surface area (Å²) in [5, 5.41) is 26.1. The van der Waals surface area contributed by atoms with Gasteiger partial charge in [-0.1, -0.05) is 49.9 Å². The molecular formula is C27H29N3O5. The second kappa shape index (κ2) is 8.09. The van der Waals surface area contributed by atoms with Crippen molar-refractivity contribution in [2.45, 2.75) is 62.6 Å². The quantitative estimate of drug-likeness (QED) is 0.308. The van der Waals surface area contributed by atoms with E-state index in [-0.39, 0.29) is 35.3 Å². The third-order valence-electron chi connectivity index (χ3n) is 8.34. The smallest absolute Gasteiger partial charge is 0.250 e. The predicted molar refractivity (Wildman–Crippen MR) is 127 cm³/mol. The molecule has 1 aliphatic carbocycles. The van der Waals surface area contributed by atoms with Crippen molar-refractivity contribution >= 4 is 23.4 Å². The molecule has 3 aliphatic heterocycles. The average molecular weight is 476 g/mol. The fourth-order valence-corrected chi connectivity index (χ4v) is 6.78. The van der Waals surface area contributed by atoms with Crippen LogP contribution in [0, 0.1) is 11.8 Å². The highest BCUT2D eigenvalue weighted by Crippen LogP contribution is 2.54. The van der Waals surface area contributed by atoms with Crippen LogP contribution < -0.4 is 10.6 Å². The summed E-state index contributed by atoms with van der Waals surface area (Å²) in [5.74, 6) is -2.78. The van der Waals surface area contributed by atoms with Gasteiger partial charge in [0, 0.05) is 23.3 Å². The van der Waals surface area contributed by atoms with E-state index in [0.29, 0.717) is 23.2 Å². The third kappa shape index (κ3) is 3.19. The van der Waals surface area contributed by atoms with Crippen molar-refractivity contribution in [2.75, 3.05) is 5.32 Å². The molecule has 8 nitrogen and oxygen atoms in total. The highest BCUT2D eigenvalue weighted by atomic mass is 16.3.